The van der Waals surface area contributed by atoms with Crippen LogP contribution in [0.1, 0.15) is 76.0 Å². The molecule has 1 heterocycles. The third-order valence-electron chi connectivity index (χ3n) is 9.01. The van der Waals surface area contributed by atoms with Gasteiger partial charge in [0.2, 0.25) is 0 Å². The fraction of sp³-hybridized carbons (Fsp3) is 0.452. The molecule has 1 aromatic heterocycles. The average molecular weight is 484 g/mol. The molecule has 3 aromatic rings. The lowest BCUT2D eigenvalue weighted by molar-refractivity contribution is -0.383. The van der Waals surface area contributed by atoms with Gasteiger partial charge in [-0.05, 0) is 83.2 Å². The van der Waals surface area contributed by atoms with Crippen molar-refractivity contribution >= 4 is 11.4 Å². The van der Waals surface area contributed by atoms with Gasteiger partial charge >= 0.3 is 0 Å². The highest BCUT2D eigenvalue weighted by Crippen LogP contribution is 2.57. The van der Waals surface area contributed by atoms with Crippen LogP contribution in [0.4, 0.5) is 11.4 Å². The molecule has 0 aliphatic heterocycles. The van der Waals surface area contributed by atoms with Crippen LogP contribution in [0.2, 0.25) is 0 Å². The third kappa shape index (κ3) is 4.29. The van der Waals surface area contributed by atoms with E-state index >= 15 is 0 Å². The molecule has 2 aromatic carbocycles. The van der Waals surface area contributed by atoms with Gasteiger partial charge in [-0.25, -0.2) is 0 Å². The summed E-state index contributed by atoms with van der Waals surface area (Å²) in [6, 6.07) is 18.2. The Morgan fingerprint density at radius 2 is 1.94 bits per heavy atom. The monoisotopic (exact) mass is 483 g/mol. The molecular formula is C31H37N3O2. The van der Waals surface area contributed by atoms with Gasteiger partial charge in [-0.15, -0.1) is 0 Å². The van der Waals surface area contributed by atoms with Crippen molar-refractivity contribution in [3.05, 3.63) is 87.6 Å². The van der Waals surface area contributed by atoms with Crippen molar-refractivity contribution in [3.8, 4) is 11.3 Å². The first-order valence-corrected chi connectivity index (χ1v) is 13.3. The Morgan fingerprint density at radius 3 is 2.67 bits per heavy atom. The van der Waals surface area contributed by atoms with Gasteiger partial charge in [-0.3, -0.25) is 15.1 Å². The van der Waals surface area contributed by atoms with Crippen LogP contribution < -0.4 is 5.32 Å². The zero-order valence-electron chi connectivity index (χ0n) is 21.9. The molecule has 1 N–H and O–H groups in total. The van der Waals surface area contributed by atoms with E-state index in [0.29, 0.717) is 17.5 Å². The lowest BCUT2D eigenvalue weighted by Gasteiger charge is -2.55. The molecule has 5 heteroatoms. The van der Waals surface area contributed by atoms with Crippen LogP contribution in [0.5, 0.6) is 0 Å². The largest absolute Gasteiger partial charge is 0.379 e. The summed E-state index contributed by atoms with van der Waals surface area (Å²) in [6.45, 7) is 10.1. The van der Waals surface area contributed by atoms with Crippen LogP contribution in [0, 0.1) is 21.4 Å². The van der Waals surface area contributed by atoms with Gasteiger partial charge in [0, 0.05) is 24.4 Å². The number of pyridine rings is 1. The number of anilines is 1. The van der Waals surface area contributed by atoms with Crippen molar-refractivity contribution < 1.29 is 4.92 Å². The van der Waals surface area contributed by atoms with Gasteiger partial charge in [-0.1, -0.05) is 64.4 Å². The predicted molar refractivity (Wildman–Crippen MR) is 146 cm³/mol. The lowest BCUT2D eigenvalue weighted by Crippen LogP contribution is -2.51. The van der Waals surface area contributed by atoms with Gasteiger partial charge < -0.3 is 5.32 Å². The Balaban J connectivity index is 1.41. The number of aryl methyl sites for hydroxylation is 1. The number of hydrogen-bond donors (Lipinski definition) is 1. The predicted octanol–water partition coefficient (Wildman–Crippen LogP) is 7.90. The Morgan fingerprint density at radius 1 is 1.11 bits per heavy atom. The van der Waals surface area contributed by atoms with E-state index in [1.165, 1.54) is 36.0 Å². The zero-order chi connectivity index (χ0) is 25.5. The van der Waals surface area contributed by atoms with E-state index in [2.05, 4.69) is 56.2 Å². The SMILES string of the molecule is CC(C)c1ccc2c(c1)CC[C@H]1[C@@](C)(CNc3ccc(-c4ccccn4)cc3[N+](=O)[O-])CCC[C@]21C. The molecule has 1 saturated carbocycles. The molecule has 36 heavy (non-hydrogen) atoms. The number of hydrogen-bond acceptors (Lipinski definition) is 4. The number of nitro groups is 1. The summed E-state index contributed by atoms with van der Waals surface area (Å²) in [5.41, 5.74) is 6.89. The summed E-state index contributed by atoms with van der Waals surface area (Å²) in [6.07, 6.45) is 7.52. The minimum absolute atomic E-state index is 0.0644. The van der Waals surface area contributed by atoms with Gasteiger partial charge in [0.25, 0.3) is 5.69 Å². The van der Waals surface area contributed by atoms with Crippen molar-refractivity contribution in [1.29, 1.82) is 0 Å². The number of aromatic nitrogens is 1. The second-order valence-electron chi connectivity index (χ2n) is 11.6. The number of fused-ring (bicyclic) bond motifs is 3. The molecule has 5 rings (SSSR count). The van der Waals surface area contributed by atoms with Gasteiger partial charge in [0.15, 0.2) is 0 Å². The molecule has 0 saturated heterocycles. The highest BCUT2D eigenvalue weighted by molar-refractivity contribution is 5.71. The van der Waals surface area contributed by atoms with Crippen LogP contribution in [-0.4, -0.2) is 16.5 Å². The molecule has 5 nitrogen and oxygen atoms in total. The molecule has 3 atom stereocenters. The van der Waals surface area contributed by atoms with E-state index in [4.69, 9.17) is 0 Å². The van der Waals surface area contributed by atoms with Gasteiger partial charge in [0.05, 0.1) is 10.6 Å². The number of nitro benzene ring substituents is 1. The van der Waals surface area contributed by atoms with Gasteiger partial charge in [-0.2, -0.15) is 0 Å². The first-order valence-electron chi connectivity index (χ1n) is 13.3. The van der Waals surface area contributed by atoms with Crippen molar-refractivity contribution in [2.75, 3.05) is 11.9 Å². The summed E-state index contributed by atoms with van der Waals surface area (Å²) in [5.74, 6) is 1.08. The van der Waals surface area contributed by atoms with E-state index in [9.17, 15) is 10.1 Å². The number of benzene rings is 2. The van der Waals surface area contributed by atoms with E-state index in [1.54, 1.807) is 12.3 Å². The minimum Gasteiger partial charge on any atom is -0.379 e. The summed E-state index contributed by atoms with van der Waals surface area (Å²) in [5, 5.41) is 15.5. The van der Waals surface area contributed by atoms with Crippen molar-refractivity contribution in [3.63, 3.8) is 0 Å². The molecular weight excluding hydrogens is 446 g/mol. The number of nitrogens with zero attached hydrogens (tertiary/aromatic N) is 2. The van der Waals surface area contributed by atoms with E-state index in [-0.39, 0.29) is 21.4 Å². The Bertz CT molecular complexity index is 1270. The van der Waals surface area contributed by atoms with Crippen LogP contribution in [0.3, 0.4) is 0 Å². The van der Waals surface area contributed by atoms with Crippen molar-refractivity contribution in [2.45, 2.75) is 71.1 Å². The average Bonchev–Trinajstić information content (AvgIpc) is 2.87. The Hall–Kier alpha value is -3.21. The number of nitrogens with one attached hydrogen (secondary N) is 1. The first-order chi connectivity index (χ1) is 17.2. The molecule has 2 aliphatic carbocycles. The maximum absolute atomic E-state index is 12.0. The highest BCUT2D eigenvalue weighted by atomic mass is 16.6. The first kappa shape index (κ1) is 24.5. The summed E-state index contributed by atoms with van der Waals surface area (Å²) < 4.78 is 0. The smallest absolute Gasteiger partial charge is 0.292 e. The van der Waals surface area contributed by atoms with Crippen molar-refractivity contribution in [1.82, 2.24) is 4.98 Å². The van der Waals surface area contributed by atoms with E-state index in [1.807, 2.05) is 30.3 Å². The lowest BCUT2D eigenvalue weighted by atomic mass is 9.49. The summed E-state index contributed by atoms with van der Waals surface area (Å²) in [4.78, 5) is 16.0. The van der Waals surface area contributed by atoms with Crippen LogP contribution in [-0.2, 0) is 11.8 Å². The summed E-state index contributed by atoms with van der Waals surface area (Å²) in [7, 11) is 0. The Kier molecular flexibility index (Phi) is 6.36. The van der Waals surface area contributed by atoms with Crippen molar-refractivity contribution in [2.24, 2.45) is 11.3 Å². The molecule has 0 spiro atoms. The third-order valence-corrected chi connectivity index (χ3v) is 9.01. The quantitative estimate of drug-likeness (QED) is 0.286. The van der Waals surface area contributed by atoms with Crippen LogP contribution in [0.25, 0.3) is 11.3 Å². The fourth-order valence-electron chi connectivity index (χ4n) is 7.04. The maximum atomic E-state index is 12.0. The molecule has 0 amide bonds. The standard InChI is InChI=1S/C31H37N3O2/c1-21(2)22-9-12-25-23(18-22)11-14-29-30(3,15-7-16-31(25,29)4)20-33-27-13-10-24(19-28(27)34(35)36)26-8-5-6-17-32-26/h5-6,8-10,12-13,17-19,21,29,33H,7,11,14-16,20H2,1-4H3/t29-,30+,31+/m0/s1. The van der Waals surface area contributed by atoms with Crippen LogP contribution in [0.15, 0.2) is 60.8 Å². The number of rotatable bonds is 6. The second-order valence-corrected chi connectivity index (χ2v) is 11.6. The topological polar surface area (TPSA) is 68.1 Å². The Labute approximate surface area is 214 Å². The zero-order valence-corrected chi connectivity index (χ0v) is 21.9. The van der Waals surface area contributed by atoms with Gasteiger partial charge in [0.1, 0.15) is 5.69 Å². The molecule has 0 radical (unpaired) electrons. The molecule has 1 fully saturated rings. The fourth-order valence-corrected chi connectivity index (χ4v) is 7.04. The molecule has 0 unspecified atom stereocenters. The highest BCUT2D eigenvalue weighted by Gasteiger charge is 2.51. The molecule has 0 bridgehead atoms. The second kappa shape index (κ2) is 9.34. The van der Waals surface area contributed by atoms with E-state index < -0.39 is 0 Å². The van der Waals surface area contributed by atoms with E-state index in [0.717, 1.165) is 30.6 Å². The summed E-state index contributed by atoms with van der Waals surface area (Å²) >= 11 is 0. The maximum Gasteiger partial charge on any atom is 0.292 e. The minimum atomic E-state index is -0.286. The van der Waals surface area contributed by atoms with Crippen LogP contribution >= 0.6 is 0 Å². The molecule has 188 valence electrons. The normalized spacial score (nSPS) is 25.2. The molecule has 2 aliphatic rings.